The van der Waals surface area contributed by atoms with Gasteiger partial charge in [-0.15, -0.1) is 0 Å². The van der Waals surface area contributed by atoms with Gasteiger partial charge < -0.3 is 15.4 Å². The molecule has 0 aliphatic carbocycles. The fraction of sp³-hybridized carbons (Fsp3) is 0.250. The summed E-state index contributed by atoms with van der Waals surface area (Å²) >= 11 is 1.50. The molecule has 7 heteroatoms. The zero-order chi connectivity index (χ0) is 16.7. The Kier molecular flexibility index (Phi) is 6.52. The summed E-state index contributed by atoms with van der Waals surface area (Å²) < 4.78 is 0. The molecule has 0 bridgehead atoms. The number of carbonyl (C=O) groups is 2. The third-order valence-corrected chi connectivity index (χ3v) is 4.15. The van der Waals surface area contributed by atoms with Crippen LogP contribution in [0.4, 0.5) is 0 Å². The molecule has 1 aromatic heterocycles. The summed E-state index contributed by atoms with van der Waals surface area (Å²) in [5.74, 6) is -1.27. The van der Waals surface area contributed by atoms with Crippen molar-refractivity contribution in [2.45, 2.75) is 25.2 Å². The van der Waals surface area contributed by atoms with Crippen LogP contribution in [0.5, 0.6) is 0 Å². The molecule has 0 fully saturated rings. The normalized spacial score (nSPS) is 11.7. The Morgan fingerprint density at radius 3 is 2.48 bits per heavy atom. The first kappa shape index (κ1) is 17.4. The van der Waals surface area contributed by atoms with Crippen LogP contribution in [-0.4, -0.2) is 34.8 Å². The van der Waals surface area contributed by atoms with E-state index in [9.17, 15) is 19.6 Å². The van der Waals surface area contributed by atoms with Gasteiger partial charge in [0.05, 0.1) is 5.94 Å². The highest BCUT2D eigenvalue weighted by atomic mass is 32.1. The van der Waals surface area contributed by atoms with Crippen LogP contribution in [0.2, 0.25) is 0 Å². The van der Waals surface area contributed by atoms with Crippen molar-refractivity contribution in [2.75, 3.05) is 0 Å². The summed E-state index contributed by atoms with van der Waals surface area (Å²) in [5.41, 5.74) is 1.49. The van der Waals surface area contributed by atoms with E-state index in [2.05, 4.69) is 5.32 Å². The molecule has 5 nitrogen and oxygen atoms in total. The molecule has 0 radical (unpaired) electrons. The highest BCUT2D eigenvalue weighted by molar-refractivity contribution is 7.07. The average molecular weight is 331 g/mol. The molecular formula is C16H18BNO4S. The lowest BCUT2D eigenvalue weighted by molar-refractivity contribution is -0.121. The maximum absolute atomic E-state index is 11.9. The number of benzene rings is 1. The van der Waals surface area contributed by atoms with Crippen molar-refractivity contribution in [2.24, 2.45) is 0 Å². The van der Waals surface area contributed by atoms with Gasteiger partial charge in [0.25, 0.3) is 0 Å². The lowest BCUT2D eigenvalue weighted by Gasteiger charge is -2.17. The summed E-state index contributed by atoms with van der Waals surface area (Å²) in [7, 11) is -1.65. The van der Waals surface area contributed by atoms with Gasteiger partial charge in [-0.2, -0.15) is 11.3 Å². The van der Waals surface area contributed by atoms with Crippen molar-refractivity contribution >= 4 is 30.1 Å². The molecule has 0 aliphatic heterocycles. The quantitative estimate of drug-likeness (QED) is 0.505. The van der Waals surface area contributed by atoms with Crippen molar-refractivity contribution in [3.05, 3.63) is 58.3 Å². The van der Waals surface area contributed by atoms with E-state index in [0.717, 1.165) is 5.56 Å². The van der Waals surface area contributed by atoms with Gasteiger partial charge in [-0.25, -0.2) is 0 Å². The predicted octanol–water partition coefficient (Wildman–Crippen LogP) is 1.45. The van der Waals surface area contributed by atoms with Crippen molar-refractivity contribution in [1.82, 2.24) is 5.32 Å². The molecule has 0 saturated heterocycles. The summed E-state index contributed by atoms with van der Waals surface area (Å²) in [6, 6.07) is 10.6. The monoisotopic (exact) mass is 331 g/mol. The van der Waals surface area contributed by atoms with Gasteiger partial charge in [0, 0.05) is 18.4 Å². The summed E-state index contributed by atoms with van der Waals surface area (Å²) in [6.07, 6.45) is 0.433. The Morgan fingerprint density at radius 2 is 1.87 bits per heavy atom. The van der Waals surface area contributed by atoms with E-state index in [1.165, 1.54) is 11.3 Å². The first-order valence-corrected chi connectivity index (χ1v) is 8.25. The third-order valence-electron chi connectivity index (χ3n) is 3.42. The second-order valence-corrected chi connectivity index (χ2v) is 5.99. The molecule has 0 aliphatic rings. The van der Waals surface area contributed by atoms with Crippen LogP contribution in [0, 0.1) is 0 Å². The van der Waals surface area contributed by atoms with Crippen LogP contribution in [0.15, 0.2) is 47.2 Å². The molecule has 0 saturated carbocycles. The van der Waals surface area contributed by atoms with E-state index >= 15 is 0 Å². The number of carbonyl (C=O) groups excluding carboxylic acids is 2. The Bertz CT molecular complexity index is 631. The third kappa shape index (κ3) is 5.63. The minimum absolute atomic E-state index is 0.0145. The first-order chi connectivity index (χ1) is 11.1. The Hall–Kier alpha value is -1.96. The van der Waals surface area contributed by atoms with Gasteiger partial charge in [-0.3, -0.25) is 9.59 Å². The molecule has 2 aromatic rings. The lowest BCUT2D eigenvalue weighted by atomic mass is 9.76. The molecule has 1 atom stereocenters. The zero-order valence-electron chi connectivity index (χ0n) is 12.5. The van der Waals surface area contributed by atoms with E-state index in [-0.39, 0.29) is 24.5 Å². The van der Waals surface area contributed by atoms with Crippen molar-refractivity contribution < 1.29 is 19.6 Å². The van der Waals surface area contributed by atoms with E-state index < -0.39 is 13.1 Å². The SMILES string of the molecule is O=C(CCC(=O)c1ccccc1)NC(Cc1ccsc1)B(O)O. The van der Waals surface area contributed by atoms with Gasteiger partial charge in [-0.1, -0.05) is 30.3 Å². The van der Waals surface area contributed by atoms with E-state index in [1.54, 1.807) is 24.3 Å². The minimum Gasteiger partial charge on any atom is -0.426 e. The lowest BCUT2D eigenvalue weighted by Crippen LogP contribution is -2.47. The highest BCUT2D eigenvalue weighted by Crippen LogP contribution is 2.10. The fourth-order valence-electron chi connectivity index (χ4n) is 2.17. The van der Waals surface area contributed by atoms with Crippen LogP contribution >= 0.6 is 11.3 Å². The molecule has 0 spiro atoms. The van der Waals surface area contributed by atoms with Crippen LogP contribution in [0.1, 0.15) is 28.8 Å². The smallest absolute Gasteiger partial charge is 0.426 e. The van der Waals surface area contributed by atoms with Crippen LogP contribution in [0.3, 0.4) is 0 Å². The maximum Gasteiger partial charge on any atom is 0.475 e. The van der Waals surface area contributed by atoms with Gasteiger partial charge in [0.2, 0.25) is 5.91 Å². The van der Waals surface area contributed by atoms with Gasteiger partial charge >= 0.3 is 7.12 Å². The standard InChI is InChI=1S/C16H18BNO4S/c19-14(13-4-2-1-3-5-13)6-7-16(20)18-15(17(21)22)10-12-8-9-23-11-12/h1-5,8-9,11,15,21-22H,6-7,10H2,(H,18,20). The number of ketones is 1. The molecule has 2 rings (SSSR count). The predicted molar refractivity (Wildman–Crippen MR) is 90.2 cm³/mol. The van der Waals surface area contributed by atoms with Crippen molar-refractivity contribution in [3.63, 3.8) is 0 Å². The fourth-order valence-corrected chi connectivity index (χ4v) is 2.85. The Labute approximate surface area is 139 Å². The van der Waals surface area contributed by atoms with Gasteiger partial charge in [0.1, 0.15) is 0 Å². The second-order valence-electron chi connectivity index (χ2n) is 5.21. The van der Waals surface area contributed by atoms with E-state index in [0.29, 0.717) is 12.0 Å². The first-order valence-electron chi connectivity index (χ1n) is 7.31. The van der Waals surface area contributed by atoms with E-state index in [4.69, 9.17) is 0 Å². The van der Waals surface area contributed by atoms with Gasteiger partial charge in [-0.05, 0) is 28.8 Å². The number of amides is 1. The summed E-state index contributed by atoms with van der Waals surface area (Å²) in [5, 5.41) is 25.1. The van der Waals surface area contributed by atoms with Crippen LogP contribution in [0.25, 0.3) is 0 Å². The van der Waals surface area contributed by atoms with Gasteiger partial charge in [0.15, 0.2) is 5.78 Å². The number of hydrogen-bond donors (Lipinski definition) is 3. The number of hydrogen-bond acceptors (Lipinski definition) is 5. The highest BCUT2D eigenvalue weighted by Gasteiger charge is 2.25. The van der Waals surface area contributed by atoms with Crippen molar-refractivity contribution in [3.8, 4) is 0 Å². The molecule has 3 N–H and O–H groups in total. The molecule has 1 aromatic carbocycles. The molecular weight excluding hydrogens is 313 g/mol. The number of nitrogens with one attached hydrogen (secondary N) is 1. The number of rotatable bonds is 8. The average Bonchev–Trinajstić information content (AvgIpc) is 3.06. The number of Topliss-reactive ketones (excluding diaryl/α,β-unsaturated/α-hetero) is 1. The van der Waals surface area contributed by atoms with Crippen molar-refractivity contribution in [1.29, 1.82) is 0 Å². The number of thiophene rings is 1. The summed E-state index contributed by atoms with van der Waals surface area (Å²) in [6.45, 7) is 0. The van der Waals surface area contributed by atoms with Crippen LogP contribution < -0.4 is 5.32 Å². The molecule has 1 heterocycles. The zero-order valence-corrected chi connectivity index (χ0v) is 13.3. The Balaban J connectivity index is 1.83. The van der Waals surface area contributed by atoms with Crippen LogP contribution in [-0.2, 0) is 11.2 Å². The minimum atomic E-state index is -1.65. The molecule has 1 amide bonds. The largest absolute Gasteiger partial charge is 0.475 e. The molecule has 23 heavy (non-hydrogen) atoms. The molecule has 120 valence electrons. The topological polar surface area (TPSA) is 86.6 Å². The Morgan fingerprint density at radius 1 is 1.13 bits per heavy atom. The summed E-state index contributed by atoms with van der Waals surface area (Å²) in [4.78, 5) is 23.9. The van der Waals surface area contributed by atoms with E-state index in [1.807, 2.05) is 22.9 Å². The molecule has 1 unspecified atom stereocenters. The maximum atomic E-state index is 11.9. The second kappa shape index (κ2) is 8.62.